The first kappa shape index (κ1) is 23.9. The Balaban J connectivity index is 1.83. The number of hydrogen-bond donors (Lipinski definition) is 1. The first-order valence-electron chi connectivity index (χ1n) is 9.59. The molecule has 0 saturated heterocycles. The van der Waals surface area contributed by atoms with Crippen LogP contribution in [0.2, 0.25) is 5.02 Å². The van der Waals surface area contributed by atoms with E-state index in [0.717, 1.165) is 4.31 Å². The van der Waals surface area contributed by atoms with Crippen molar-refractivity contribution >= 4 is 45.1 Å². The van der Waals surface area contributed by atoms with Crippen molar-refractivity contribution in [1.29, 1.82) is 0 Å². The lowest BCUT2D eigenvalue weighted by molar-refractivity contribution is -0.384. The summed E-state index contributed by atoms with van der Waals surface area (Å²) in [7, 11) is -4.08. The first-order chi connectivity index (χ1) is 15.7. The highest BCUT2D eigenvalue weighted by Crippen LogP contribution is 2.29. The van der Waals surface area contributed by atoms with Crippen LogP contribution in [0.5, 0.6) is 0 Å². The van der Waals surface area contributed by atoms with Crippen molar-refractivity contribution in [2.24, 2.45) is 5.10 Å². The molecule has 170 valence electrons. The van der Waals surface area contributed by atoms with Crippen LogP contribution in [0.1, 0.15) is 11.1 Å². The molecule has 3 aromatic rings. The monoisotopic (exact) mass is 486 g/mol. The number of nitro groups is 1. The van der Waals surface area contributed by atoms with E-state index in [-0.39, 0.29) is 16.3 Å². The second-order valence-electron chi connectivity index (χ2n) is 6.90. The van der Waals surface area contributed by atoms with E-state index >= 15 is 0 Å². The van der Waals surface area contributed by atoms with E-state index in [1.54, 1.807) is 37.3 Å². The van der Waals surface area contributed by atoms with Gasteiger partial charge in [-0.3, -0.25) is 19.2 Å². The van der Waals surface area contributed by atoms with Gasteiger partial charge in [-0.1, -0.05) is 35.9 Å². The van der Waals surface area contributed by atoms with Crippen molar-refractivity contribution in [3.8, 4) is 0 Å². The molecule has 0 atom stereocenters. The summed E-state index contributed by atoms with van der Waals surface area (Å²) in [5, 5.41) is 14.9. The van der Waals surface area contributed by atoms with Crippen LogP contribution in [0.4, 0.5) is 11.4 Å². The van der Waals surface area contributed by atoms with E-state index < -0.39 is 27.4 Å². The highest BCUT2D eigenvalue weighted by molar-refractivity contribution is 7.92. The number of carbonyl (C=O) groups is 1. The van der Waals surface area contributed by atoms with Crippen molar-refractivity contribution in [3.63, 3.8) is 0 Å². The minimum atomic E-state index is -4.08. The van der Waals surface area contributed by atoms with Gasteiger partial charge in [0.25, 0.3) is 21.6 Å². The van der Waals surface area contributed by atoms with Crippen molar-refractivity contribution in [2.45, 2.75) is 11.8 Å². The number of rotatable bonds is 8. The van der Waals surface area contributed by atoms with Crippen molar-refractivity contribution < 1.29 is 18.1 Å². The summed E-state index contributed by atoms with van der Waals surface area (Å²) in [5.74, 6) is -0.688. The molecule has 0 unspecified atom stereocenters. The second kappa shape index (κ2) is 10.2. The molecule has 1 amide bonds. The topological polar surface area (TPSA) is 122 Å². The molecule has 0 radical (unpaired) electrons. The van der Waals surface area contributed by atoms with E-state index in [1.807, 2.05) is 0 Å². The van der Waals surface area contributed by atoms with E-state index in [1.165, 1.54) is 48.7 Å². The molecule has 0 fully saturated rings. The largest absolute Gasteiger partial charge is 0.271 e. The number of hydrogen-bond acceptors (Lipinski definition) is 6. The molecule has 0 aliphatic carbocycles. The van der Waals surface area contributed by atoms with E-state index in [9.17, 15) is 23.3 Å². The fourth-order valence-electron chi connectivity index (χ4n) is 2.90. The van der Waals surface area contributed by atoms with Crippen LogP contribution in [0.3, 0.4) is 0 Å². The van der Waals surface area contributed by atoms with Gasteiger partial charge < -0.3 is 0 Å². The number of halogens is 1. The Bertz CT molecular complexity index is 1300. The molecule has 3 rings (SSSR count). The number of benzene rings is 3. The molecule has 9 nitrogen and oxygen atoms in total. The highest BCUT2D eigenvalue weighted by Gasteiger charge is 2.28. The summed E-state index contributed by atoms with van der Waals surface area (Å²) in [4.78, 5) is 22.8. The Labute approximate surface area is 195 Å². The first-order valence-corrected chi connectivity index (χ1v) is 11.4. The average molecular weight is 487 g/mol. The fraction of sp³-hybridized carbons (Fsp3) is 0.0909. The molecule has 0 aromatic heterocycles. The Hall–Kier alpha value is -3.76. The summed E-state index contributed by atoms with van der Waals surface area (Å²) >= 11 is 6.09. The third-order valence-corrected chi connectivity index (χ3v) is 6.57. The van der Waals surface area contributed by atoms with Gasteiger partial charge in [0.05, 0.1) is 21.7 Å². The van der Waals surface area contributed by atoms with Crippen LogP contribution < -0.4 is 9.73 Å². The SMILES string of the molecule is Cc1ccc(Cl)cc1N(CC(=O)N/N=C\c1ccc([N+](=O)[O-])cc1)S(=O)(=O)c1ccccc1. The van der Waals surface area contributed by atoms with Gasteiger partial charge in [0.15, 0.2) is 0 Å². The van der Waals surface area contributed by atoms with Gasteiger partial charge >= 0.3 is 0 Å². The predicted molar refractivity (Wildman–Crippen MR) is 126 cm³/mol. The maximum Gasteiger partial charge on any atom is 0.269 e. The summed E-state index contributed by atoms with van der Waals surface area (Å²) in [6.45, 7) is 1.17. The van der Waals surface area contributed by atoms with Gasteiger partial charge in [0.1, 0.15) is 6.54 Å². The number of nitrogens with one attached hydrogen (secondary N) is 1. The molecule has 0 bridgehead atoms. The standard InChI is InChI=1S/C22H19ClN4O5S/c1-16-7-10-18(23)13-21(16)26(33(31,32)20-5-3-2-4-6-20)15-22(28)25-24-14-17-8-11-19(12-9-17)27(29)30/h2-14H,15H2,1H3,(H,25,28)/b24-14-. The molecular weight excluding hydrogens is 468 g/mol. The molecule has 1 N–H and O–H groups in total. The van der Waals surface area contributed by atoms with Gasteiger partial charge in [-0.25, -0.2) is 13.8 Å². The number of carbonyl (C=O) groups excluding carboxylic acids is 1. The zero-order valence-electron chi connectivity index (χ0n) is 17.4. The number of aryl methyl sites for hydroxylation is 1. The van der Waals surface area contributed by atoms with Gasteiger partial charge in [-0.15, -0.1) is 0 Å². The zero-order valence-corrected chi connectivity index (χ0v) is 19.0. The van der Waals surface area contributed by atoms with E-state index in [0.29, 0.717) is 16.1 Å². The van der Waals surface area contributed by atoms with Crippen molar-refractivity contribution in [2.75, 3.05) is 10.8 Å². The summed E-state index contributed by atoms with van der Waals surface area (Å²) in [6.07, 6.45) is 1.29. The lowest BCUT2D eigenvalue weighted by Gasteiger charge is -2.25. The van der Waals surface area contributed by atoms with E-state index in [4.69, 9.17) is 11.6 Å². The molecule has 0 heterocycles. The molecule has 0 saturated carbocycles. The maximum atomic E-state index is 13.3. The van der Waals surface area contributed by atoms with Crippen molar-refractivity contribution in [3.05, 3.63) is 99.1 Å². The molecule has 0 aliphatic rings. The third kappa shape index (κ3) is 5.93. The van der Waals surface area contributed by atoms with Crippen LogP contribution in [-0.2, 0) is 14.8 Å². The van der Waals surface area contributed by atoms with Gasteiger partial charge in [0, 0.05) is 17.2 Å². The summed E-state index contributed by atoms with van der Waals surface area (Å²) in [6, 6.07) is 18.0. The molecule has 0 aliphatic heterocycles. The molecule has 3 aromatic carbocycles. The lowest BCUT2D eigenvalue weighted by Crippen LogP contribution is -2.40. The van der Waals surface area contributed by atoms with Crippen LogP contribution >= 0.6 is 11.6 Å². The van der Waals surface area contributed by atoms with Gasteiger partial charge in [-0.2, -0.15) is 5.10 Å². The van der Waals surface area contributed by atoms with Crippen LogP contribution in [0.25, 0.3) is 0 Å². The minimum absolute atomic E-state index is 0.0200. The smallest absolute Gasteiger partial charge is 0.269 e. The number of amides is 1. The number of hydrazone groups is 1. The Morgan fingerprint density at radius 1 is 1.12 bits per heavy atom. The quantitative estimate of drug-likeness (QED) is 0.294. The van der Waals surface area contributed by atoms with Crippen molar-refractivity contribution in [1.82, 2.24) is 5.43 Å². The molecular formula is C22H19ClN4O5S. The molecule has 11 heteroatoms. The maximum absolute atomic E-state index is 13.3. The normalized spacial score (nSPS) is 11.3. The highest BCUT2D eigenvalue weighted by atomic mass is 35.5. The molecule has 33 heavy (non-hydrogen) atoms. The van der Waals surface area contributed by atoms with Gasteiger partial charge in [0.2, 0.25) is 0 Å². The Kier molecular flexibility index (Phi) is 7.41. The number of anilines is 1. The van der Waals surface area contributed by atoms with Crippen LogP contribution in [0, 0.1) is 17.0 Å². The summed E-state index contributed by atoms with van der Waals surface area (Å²) in [5.41, 5.74) is 3.60. The zero-order chi connectivity index (χ0) is 24.0. The Morgan fingerprint density at radius 3 is 2.42 bits per heavy atom. The van der Waals surface area contributed by atoms with Crippen LogP contribution in [0.15, 0.2) is 82.8 Å². The molecule has 0 spiro atoms. The predicted octanol–water partition coefficient (Wildman–Crippen LogP) is 3.90. The second-order valence-corrected chi connectivity index (χ2v) is 9.20. The lowest BCUT2D eigenvalue weighted by atomic mass is 10.2. The number of nitrogens with zero attached hydrogens (tertiary/aromatic N) is 3. The number of nitro benzene ring substituents is 1. The average Bonchev–Trinajstić information content (AvgIpc) is 2.80. The number of non-ortho nitro benzene ring substituents is 1. The van der Waals surface area contributed by atoms with Crippen LogP contribution in [-0.4, -0.2) is 32.0 Å². The minimum Gasteiger partial charge on any atom is -0.271 e. The number of sulfonamides is 1. The fourth-order valence-corrected chi connectivity index (χ4v) is 4.56. The summed E-state index contributed by atoms with van der Waals surface area (Å²) < 4.78 is 27.6. The van der Waals surface area contributed by atoms with E-state index in [2.05, 4.69) is 10.5 Å². The Morgan fingerprint density at radius 2 is 1.79 bits per heavy atom. The third-order valence-electron chi connectivity index (χ3n) is 4.57. The van der Waals surface area contributed by atoms with Gasteiger partial charge in [-0.05, 0) is 54.4 Å².